The third kappa shape index (κ3) is 2.73. The molecular weight excluding hydrogens is 290 g/mol. The van der Waals surface area contributed by atoms with Gasteiger partial charge < -0.3 is 14.7 Å². The fourth-order valence-electron chi connectivity index (χ4n) is 3.49. The molecule has 7 heteroatoms. The lowest BCUT2D eigenvalue weighted by molar-refractivity contribution is 0.311. The van der Waals surface area contributed by atoms with Crippen molar-refractivity contribution < 1.29 is 0 Å². The zero-order valence-corrected chi connectivity index (χ0v) is 14.1. The first kappa shape index (κ1) is 14.7. The molecule has 2 saturated heterocycles. The second kappa shape index (κ2) is 5.96. The summed E-state index contributed by atoms with van der Waals surface area (Å²) in [7, 11) is 4.13. The van der Waals surface area contributed by atoms with Gasteiger partial charge in [-0.25, -0.2) is 0 Å². The summed E-state index contributed by atoms with van der Waals surface area (Å²) in [4.78, 5) is 16.8. The number of anilines is 2. The SMILES string of the molecule is CN1CCN(c2nc(N3CCCCC3)c3cnn(C)c3n2)CC1. The number of aryl methyl sites for hydroxylation is 1. The molecule has 0 amide bonds. The maximum Gasteiger partial charge on any atom is 0.229 e. The zero-order valence-electron chi connectivity index (χ0n) is 14.1. The molecular formula is C16H25N7. The van der Waals surface area contributed by atoms with E-state index in [-0.39, 0.29) is 0 Å². The second-order valence-corrected chi connectivity index (χ2v) is 6.69. The van der Waals surface area contributed by atoms with E-state index in [0.29, 0.717) is 0 Å². The summed E-state index contributed by atoms with van der Waals surface area (Å²) in [5, 5.41) is 5.49. The first-order valence-corrected chi connectivity index (χ1v) is 8.60. The molecule has 4 rings (SSSR count). The summed E-state index contributed by atoms with van der Waals surface area (Å²) in [6, 6.07) is 0. The molecule has 2 aliphatic heterocycles. The summed E-state index contributed by atoms with van der Waals surface area (Å²) in [5.41, 5.74) is 0.939. The molecule has 2 aromatic heterocycles. The van der Waals surface area contributed by atoms with Crippen LogP contribution in [0.5, 0.6) is 0 Å². The Balaban J connectivity index is 1.74. The van der Waals surface area contributed by atoms with Crippen LogP contribution in [0, 0.1) is 0 Å². The van der Waals surface area contributed by atoms with Gasteiger partial charge in [-0.05, 0) is 26.3 Å². The molecule has 23 heavy (non-hydrogen) atoms. The smallest absolute Gasteiger partial charge is 0.229 e. The number of hydrogen-bond acceptors (Lipinski definition) is 6. The number of nitrogens with zero attached hydrogens (tertiary/aromatic N) is 7. The Morgan fingerprint density at radius 3 is 2.30 bits per heavy atom. The largest absolute Gasteiger partial charge is 0.356 e. The van der Waals surface area contributed by atoms with Gasteiger partial charge in [0.25, 0.3) is 0 Å². The number of fused-ring (bicyclic) bond motifs is 1. The lowest BCUT2D eigenvalue weighted by atomic mass is 10.1. The lowest BCUT2D eigenvalue weighted by Gasteiger charge is -2.33. The molecule has 0 radical (unpaired) electrons. The first-order valence-electron chi connectivity index (χ1n) is 8.60. The topological polar surface area (TPSA) is 53.3 Å². The molecule has 0 aliphatic carbocycles. The van der Waals surface area contributed by atoms with Crippen LogP contribution < -0.4 is 9.80 Å². The van der Waals surface area contributed by atoms with Gasteiger partial charge in [-0.3, -0.25) is 4.68 Å². The molecule has 2 aliphatic rings. The third-order valence-corrected chi connectivity index (χ3v) is 5.00. The van der Waals surface area contributed by atoms with Crippen molar-refractivity contribution in [1.82, 2.24) is 24.6 Å². The Hall–Kier alpha value is -1.89. The van der Waals surface area contributed by atoms with Gasteiger partial charge in [0.2, 0.25) is 5.95 Å². The fraction of sp³-hybridized carbons (Fsp3) is 0.688. The van der Waals surface area contributed by atoms with E-state index in [4.69, 9.17) is 9.97 Å². The van der Waals surface area contributed by atoms with E-state index in [9.17, 15) is 0 Å². The van der Waals surface area contributed by atoms with Crippen molar-refractivity contribution in [3.05, 3.63) is 6.20 Å². The minimum atomic E-state index is 0.856. The van der Waals surface area contributed by atoms with Gasteiger partial charge in [0.15, 0.2) is 5.65 Å². The van der Waals surface area contributed by atoms with E-state index in [2.05, 4.69) is 26.8 Å². The number of rotatable bonds is 2. The molecule has 0 bridgehead atoms. The summed E-state index contributed by atoms with van der Waals surface area (Å²) >= 11 is 0. The molecule has 0 N–H and O–H groups in total. The van der Waals surface area contributed by atoms with Gasteiger partial charge in [-0.2, -0.15) is 15.1 Å². The van der Waals surface area contributed by atoms with E-state index in [1.165, 1.54) is 19.3 Å². The van der Waals surface area contributed by atoms with Crippen molar-refractivity contribution in [2.75, 3.05) is 56.1 Å². The fourth-order valence-corrected chi connectivity index (χ4v) is 3.49. The summed E-state index contributed by atoms with van der Waals surface area (Å²) < 4.78 is 1.87. The normalized spacial score (nSPS) is 20.4. The van der Waals surface area contributed by atoms with E-state index in [1.54, 1.807) is 0 Å². The second-order valence-electron chi connectivity index (χ2n) is 6.69. The molecule has 0 saturated carbocycles. The number of aromatic nitrogens is 4. The van der Waals surface area contributed by atoms with Gasteiger partial charge in [0.05, 0.1) is 11.6 Å². The first-order chi connectivity index (χ1) is 11.2. The number of hydrogen-bond donors (Lipinski definition) is 0. The molecule has 124 valence electrons. The van der Waals surface area contributed by atoms with Crippen LogP contribution in [0.15, 0.2) is 6.20 Å². The van der Waals surface area contributed by atoms with Crippen LogP contribution in [0.4, 0.5) is 11.8 Å². The third-order valence-electron chi connectivity index (χ3n) is 5.00. The molecule has 0 atom stereocenters. The van der Waals surface area contributed by atoms with Crippen molar-refractivity contribution in [2.24, 2.45) is 7.05 Å². The van der Waals surface area contributed by atoms with Gasteiger partial charge in [0.1, 0.15) is 5.82 Å². The van der Waals surface area contributed by atoms with Crippen LogP contribution in [-0.2, 0) is 7.05 Å². The summed E-state index contributed by atoms with van der Waals surface area (Å²) in [6.07, 6.45) is 5.72. The van der Waals surface area contributed by atoms with Crippen molar-refractivity contribution >= 4 is 22.8 Å². The maximum atomic E-state index is 4.96. The van der Waals surface area contributed by atoms with Gasteiger partial charge in [0, 0.05) is 46.3 Å². The highest BCUT2D eigenvalue weighted by Gasteiger charge is 2.23. The van der Waals surface area contributed by atoms with E-state index >= 15 is 0 Å². The van der Waals surface area contributed by atoms with Gasteiger partial charge >= 0.3 is 0 Å². The monoisotopic (exact) mass is 315 g/mol. The van der Waals surface area contributed by atoms with Gasteiger partial charge in [-0.1, -0.05) is 0 Å². The average molecular weight is 315 g/mol. The predicted octanol–water partition coefficient (Wildman–Crippen LogP) is 1.11. The molecule has 2 aromatic rings. The average Bonchev–Trinajstić information content (AvgIpc) is 2.97. The van der Waals surface area contributed by atoms with Crippen LogP contribution in [0.25, 0.3) is 11.0 Å². The highest BCUT2D eigenvalue weighted by Crippen LogP contribution is 2.28. The number of piperidine rings is 1. The molecule has 2 fully saturated rings. The maximum absolute atomic E-state index is 4.96. The zero-order chi connectivity index (χ0) is 15.8. The predicted molar refractivity (Wildman–Crippen MR) is 92.1 cm³/mol. The molecule has 7 nitrogen and oxygen atoms in total. The van der Waals surface area contributed by atoms with Crippen LogP contribution in [0.3, 0.4) is 0 Å². The van der Waals surface area contributed by atoms with Gasteiger partial charge in [-0.15, -0.1) is 0 Å². The minimum absolute atomic E-state index is 0.856. The molecule has 0 spiro atoms. The quantitative estimate of drug-likeness (QED) is 0.827. The van der Waals surface area contributed by atoms with E-state index in [1.807, 2.05) is 17.9 Å². The van der Waals surface area contributed by atoms with Crippen LogP contribution in [0.1, 0.15) is 19.3 Å². The number of piperazine rings is 1. The van der Waals surface area contributed by atoms with Crippen molar-refractivity contribution in [3.63, 3.8) is 0 Å². The molecule has 4 heterocycles. The summed E-state index contributed by atoms with van der Waals surface area (Å²) in [5.74, 6) is 1.92. The lowest BCUT2D eigenvalue weighted by Crippen LogP contribution is -2.45. The highest BCUT2D eigenvalue weighted by atomic mass is 15.4. The molecule has 0 aromatic carbocycles. The Kier molecular flexibility index (Phi) is 3.80. The van der Waals surface area contributed by atoms with E-state index < -0.39 is 0 Å². The Morgan fingerprint density at radius 2 is 1.57 bits per heavy atom. The molecule has 0 unspecified atom stereocenters. The highest BCUT2D eigenvalue weighted by molar-refractivity contribution is 5.88. The minimum Gasteiger partial charge on any atom is -0.356 e. The van der Waals surface area contributed by atoms with Crippen LogP contribution in [-0.4, -0.2) is 71.0 Å². The van der Waals surface area contributed by atoms with E-state index in [0.717, 1.165) is 62.1 Å². The Morgan fingerprint density at radius 1 is 0.826 bits per heavy atom. The standard InChI is InChI=1S/C16H25N7/c1-20-8-10-23(11-9-20)16-18-14-13(12-17-21(14)2)15(19-16)22-6-4-3-5-7-22/h12H,3-11H2,1-2H3. The van der Waals surface area contributed by atoms with Crippen molar-refractivity contribution in [1.29, 1.82) is 0 Å². The van der Waals surface area contributed by atoms with Crippen molar-refractivity contribution in [3.8, 4) is 0 Å². The number of likely N-dealkylation sites (N-methyl/N-ethyl adjacent to an activating group) is 1. The Labute approximate surface area is 136 Å². The Bertz CT molecular complexity index is 681. The van der Waals surface area contributed by atoms with Crippen LogP contribution in [0.2, 0.25) is 0 Å². The van der Waals surface area contributed by atoms with Crippen LogP contribution >= 0.6 is 0 Å². The van der Waals surface area contributed by atoms with Crippen molar-refractivity contribution in [2.45, 2.75) is 19.3 Å². The summed E-state index contributed by atoms with van der Waals surface area (Å²) in [6.45, 7) is 6.27.